The summed E-state index contributed by atoms with van der Waals surface area (Å²) in [5, 5.41) is 3.14. The molecular formula is C8H9BrN2O. The van der Waals surface area contributed by atoms with Crippen molar-refractivity contribution < 1.29 is 4.74 Å². The Morgan fingerprint density at radius 3 is 3.00 bits per heavy atom. The topological polar surface area (TPSA) is 34.1 Å². The van der Waals surface area contributed by atoms with Crippen molar-refractivity contribution in [2.45, 2.75) is 6.10 Å². The highest BCUT2D eigenvalue weighted by atomic mass is 79.9. The van der Waals surface area contributed by atoms with E-state index in [9.17, 15) is 0 Å². The Hall–Kier alpha value is -0.610. The van der Waals surface area contributed by atoms with Crippen LogP contribution in [0.3, 0.4) is 0 Å². The van der Waals surface area contributed by atoms with Crippen LogP contribution in [-0.2, 0) is 0 Å². The van der Waals surface area contributed by atoms with Crippen LogP contribution < -0.4 is 10.1 Å². The molecule has 1 aliphatic heterocycles. The van der Waals surface area contributed by atoms with Crippen LogP contribution >= 0.6 is 15.9 Å². The molecule has 1 N–H and O–H groups in total. The highest BCUT2D eigenvalue weighted by molar-refractivity contribution is 9.10. The van der Waals surface area contributed by atoms with Crippen molar-refractivity contribution in [2.75, 3.05) is 13.1 Å². The van der Waals surface area contributed by atoms with Crippen LogP contribution in [0.5, 0.6) is 5.75 Å². The first-order valence-electron chi connectivity index (χ1n) is 3.83. The van der Waals surface area contributed by atoms with Gasteiger partial charge in [-0.3, -0.25) is 0 Å². The summed E-state index contributed by atoms with van der Waals surface area (Å²) in [7, 11) is 0. The molecule has 1 aliphatic rings. The van der Waals surface area contributed by atoms with Crippen LogP contribution in [0, 0.1) is 0 Å². The molecule has 0 unspecified atom stereocenters. The summed E-state index contributed by atoms with van der Waals surface area (Å²) in [5.41, 5.74) is 0. The third-order valence-corrected chi connectivity index (χ3v) is 2.18. The second-order valence-corrected chi connectivity index (χ2v) is 3.52. The molecular weight excluding hydrogens is 220 g/mol. The van der Waals surface area contributed by atoms with E-state index in [4.69, 9.17) is 4.74 Å². The van der Waals surface area contributed by atoms with Gasteiger partial charge in [0.05, 0.1) is 0 Å². The molecule has 4 heteroatoms. The lowest BCUT2D eigenvalue weighted by Gasteiger charge is -2.27. The van der Waals surface area contributed by atoms with Crippen LogP contribution in [0.15, 0.2) is 22.9 Å². The van der Waals surface area contributed by atoms with E-state index in [1.807, 2.05) is 12.1 Å². The monoisotopic (exact) mass is 228 g/mol. The van der Waals surface area contributed by atoms with E-state index >= 15 is 0 Å². The second kappa shape index (κ2) is 3.41. The van der Waals surface area contributed by atoms with Gasteiger partial charge < -0.3 is 10.1 Å². The number of nitrogens with zero attached hydrogens (tertiary/aromatic N) is 1. The lowest BCUT2D eigenvalue weighted by Crippen LogP contribution is -2.50. The zero-order valence-corrected chi connectivity index (χ0v) is 8.04. The van der Waals surface area contributed by atoms with E-state index in [0.29, 0.717) is 6.10 Å². The molecule has 0 spiro atoms. The van der Waals surface area contributed by atoms with E-state index in [0.717, 1.165) is 23.4 Å². The Balaban J connectivity index is 2.02. The summed E-state index contributed by atoms with van der Waals surface area (Å²) in [4.78, 5) is 4.01. The molecule has 0 saturated carbocycles. The average Bonchev–Trinajstić information content (AvgIpc) is 1.97. The van der Waals surface area contributed by atoms with Crippen molar-refractivity contribution in [1.82, 2.24) is 10.3 Å². The second-order valence-electron chi connectivity index (χ2n) is 2.71. The number of hydrogen-bond donors (Lipinski definition) is 1. The number of pyridine rings is 1. The van der Waals surface area contributed by atoms with Gasteiger partial charge in [0.2, 0.25) is 0 Å². The van der Waals surface area contributed by atoms with E-state index in [1.165, 1.54) is 0 Å². The highest BCUT2D eigenvalue weighted by Gasteiger charge is 2.17. The van der Waals surface area contributed by atoms with Gasteiger partial charge in [0.25, 0.3) is 0 Å². The van der Waals surface area contributed by atoms with Gasteiger partial charge in [-0.05, 0) is 22.0 Å². The number of rotatable bonds is 2. The summed E-state index contributed by atoms with van der Waals surface area (Å²) in [6.45, 7) is 1.89. The molecule has 0 bridgehead atoms. The molecule has 0 radical (unpaired) electrons. The number of nitrogens with one attached hydrogen (secondary N) is 1. The molecule has 12 heavy (non-hydrogen) atoms. The minimum atomic E-state index is 0.333. The molecule has 0 aliphatic carbocycles. The lowest BCUT2D eigenvalue weighted by atomic mass is 10.2. The van der Waals surface area contributed by atoms with Gasteiger partial charge >= 0.3 is 0 Å². The van der Waals surface area contributed by atoms with E-state index in [-0.39, 0.29) is 0 Å². The molecule has 64 valence electrons. The van der Waals surface area contributed by atoms with Crippen LogP contribution in [0.2, 0.25) is 0 Å². The summed E-state index contributed by atoms with van der Waals surface area (Å²) >= 11 is 3.29. The van der Waals surface area contributed by atoms with E-state index in [1.54, 1.807) is 6.20 Å². The third-order valence-electron chi connectivity index (χ3n) is 1.74. The standard InChI is InChI=1S/C8H9BrN2O/c9-8-3-6(1-2-11-8)12-7-4-10-5-7/h1-3,7,10H,4-5H2. The maximum absolute atomic E-state index is 5.60. The number of ether oxygens (including phenoxy) is 1. The predicted molar refractivity (Wildman–Crippen MR) is 49.2 cm³/mol. The number of hydrogen-bond acceptors (Lipinski definition) is 3. The number of halogens is 1. The quantitative estimate of drug-likeness (QED) is 0.773. The van der Waals surface area contributed by atoms with Gasteiger partial charge in [-0.25, -0.2) is 4.98 Å². The summed E-state index contributed by atoms with van der Waals surface area (Å²) in [6.07, 6.45) is 2.06. The van der Waals surface area contributed by atoms with Crippen LogP contribution in [0.25, 0.3) is 0 Å². The number of aromatic nitrogens is 1. The molecule has 3 nitrogen and oxygen atoms in total. The Morgan fingerprint density at radius 2 is 2.42 bits per heavy atom. The smallest absolute Gasteiger partial charge is 0.124 e. The molecule has 2 heterocycles. The molecule has 0 aromatic carbocycles. The molecule has 0 atom stereocenters. The average molecular weight is 229 g/mol. The van der Waals surface area contributed by atoms with Gasteiger partial charge in [-0.1, -0.05) is 0 Å². The summed E-state index contributed by atoms with van der Waals surface area (Å²) < 4.78 is 6.41. The Bertz CT molecular complexity index is 276. The first kappa shape index (κ1) is 8.01. The fourth-order valence-corrected chi connectivity index (χ4v) is 1.34. The SMILES string of the molecule is Brc1cc(OC2CNC2)ccn1. The largest absolute Gasteiger partial charge is 0.488 e. The van der Waals surface area contributed by atoms with Gasteiger partial charge in [0, 0.05) is 25.4 Å². The zero-order valence-electron chi connectivity index (χ0n) is 6.46. The van der Waals surface area contributed by atoms with Crippen molar-refractivity contribution in [2.24, 2.45) is 0 Å². The maximum atomic E-state index is 5.60. The third kappa shape index (κ3) is 1.76. The van der Waals surface area contributed by atoms with Gasteiger partial charge in [0.1, 0.15) is 16.5 Å². The minimum absolute atomic E-state index is 0.333. The molecule has 1 aromatic rings. The fourth-order valence-electron chi connectivity index (χ4n) is 0.996. The van der Waals surface area contributed by atoms with E-state index in [2.05, 4.69) is 26.2 Å². The molecule has 1 aromatic heterocycles. The maximum Gasteiger partial charge on any atom is 0.124 e. The molecule has 1 saturated heterocycles. The minimum Gasteiger partial charge on any atom is -0.488 e. The highest BCUT2D eigenvalue weighted by Crippen LogP contribution is 2.17. The first-order chi connectivity index (χ1) is 5.84. The summed E-state index contributed by atoms with van der Waals surface area (Å²) in [5.74, 6) is 0.878. The van der Waals surface area contributed by atoms with Crippen LogP contribution in [0.1, 0.15) is 0 Å². The summed E-state index contributed by atoms with van der Waals surface area (Å²) in [6, 6.07) is 3.74. The van der Waals surface area contributed by atoms with Crippen molar-refractivity contribution in [3.8, 4) is 5.75 Å². The van der Waals surface area contributed by atoms with Crippen molar-refractivity contribution in [3.05, 3.63) is 22.9 Å². The Kier molecular flexibility index (Phi) is 2.28. The Labute approximate surface area is 79.3 Å². The zero-order chi connectivity index (χ0) is 8.39. The van der Waals surface area contributed by atoms with Crippen molar-refractivity contribution >= 4 is 15.9 Å². The molecule has 0 amide bonds. The predicted octanol–water partition coefficient (Wildman–Crippen LogP) is 1.19. The Morgan fingerprint density at radius 1 is 1.58 bits per heavy atom. The fraction of sp³-hybridized carbons (Fsp3) is 0.375. The van der Waals surface area contributed by atoms with Crippen molar-refractivity contribution in [3.63, 3.8) is 0 Å². The van der Waals surface area contributed by atoms with Gasteiger partial charge in [-0.15, -0.1) is 0 Å². The van der Waals surface area contributed by atoms with Gasteiger partial charge in [-0.2, -0.15) is 0 Å². The lowest BCUT2D eigenvalue weighted by molar-refractivity contribution is 0.142. The molecule has 1 fully saturated rings. The van der Waals surface area contributed by atoms with E-state index < -0.39 is 0 Å². The normalized spacial score (nSPS) is 17.1. The van der Waals surface area contributed by atoms with Crippen molar-refractivity contribution in [1.29, 1.82) is 0 Å². The van der Waals surface area contributed by atoms with Crippen LogP contribution in [0.4, 0.5) is 0 Å². The van der Waals surface area contributed by atoms with Gasteiger partial charge in [0.15, 0.2) is 0 Å². The molecule has 2 rings (SSSR count). The van der Waals surface area contributed by atoms with Crippen LogP contribution in [-0.4, -0.2) is 24.2 Å². The first-order valence-corrected chi connectivity index (χ1v) is 4.63.